The highest BCUT2D eigenvalue weighted by atomic mass is 32.1. The van der Waals surface area contributed by atoms with E-state index in [0.29, 0.717) is 22.3 Å². The van der Waals surface area contributed by atoms with Gasteiger partial charge in [-0.1, -0.05) is 0 Å². The molecule has 0 saturated heterocycles. The number of carbonyl (C=O) groups excluding carboxylic acids is 1. The maximum atomic E-state index is 12.0. The number of hydrogen-bond donors (Lipinski definition) is 3. The van der Waals surface area contributed by atoms with Crippen molar-refractivity contribution >= 4 is 40.3 Å². The molecule has 28 heavy (non-hydrogen) atoms. The van der Waals surface area contributed by atoms with Crippen LogP contribution in [0, 0.1) is 0 Å². The molecule has 3 rings (SSSR count). The number of hydrogen-bond acceptors (Lipinski definition) is 5. The lowest BCUT2D eigenvalue weighted by Gasteiger charge is -2.13. The van der Waals surface area contributed by atoms with Gasteiger partial charge in [0, 0.05) is 35.3 Å². The van der Waals surface area contributed by atoms with Gasteiger partial charge < -0.3 is 29.8 Å². The minimum absolute atomic E-state index is 0.251. The van der Waals surface area contributed by atoms with E-state index in [0.717, 1.165) is 11.4 Å². The van der Waals surface area contributed by atoms with Gasteiger partial charge in [0.25, 0.3) is 5.91 Å². The highest BCUT2D eigenvalue weighted by molar-refractivity contribution is 7.80. The van der Waals surface area contributed by atoms with Crippen LogP contribution in [0.4, 0.5) is 17.1 Å². The van der Waals surface area contributed by atoms with Gasteiger partial charge in [-0.25, -0.2) is 0 Å². The van der Waals surface area contributed by atoms with Gasteiger partial charge >= 0.3 is 0 Å². The van der Waals surface area contributed by atoms with Crippen molar-refractivity contribution in [2.24, 2.45) is 0 Å². The molecule has 0 spiro atoms. The predicted molar refractivity (Wildman–Crippen MR) is 112 cm³/mol. The van der Waals surface area contributed by atoms with Crippen LogP contribution < -0.4 is 25.4 Å². The van der Waals surface area contributed by atoms with Gasteiger partial charge in [0.05, 0.1) is 20.5 Å². The van der Waals surface area contributed by atoms with Crippen molar-refractivity contribution in [3.05, 3.63) is 66.6 Å². The Labute approximate surface area is 167 Å². The highest BCUT2D eigenvalue weighted by Gasteiger charge is 2.09. The zero-order chi connectivity index (χ0) is 19.9. The summed E-state index contributed by atoms with van der Waals surface area (Å²) in [6, 6.07) is 15.8. The van der Waals surface area contributed by atoms with E-state index in [-0.39, 0.29) is 11.7 Å². The largest absolute Gasteiger partial charge is 0.497 e. The fourth-order valence-corrected chi connectivity index (χ4v) is 2.65. The van der Waals surface area contributed by atoms with Crippen LogP contribution in [0.3, 0.4) is 0 Å². The first kappa shape index (κ1) is 19.2. The highest BCUT2D eigenvalue weighted by Crippen LogP contribution is 2.26. The number of thiocarbonyl (C=S) groups is 1. The Morgan fingerprint density at radius 1 is 0.857 bits per heavy atom. The van der Waals surface area contributed by atoms with Gasteiger partial charge in [-0.15, -0.1) is 0 Å². The molecule has 144 valence electrons. The maximum absolute atomic E-state index is 12.0. The summed E-state index contributed by atoms with van der Waals surface area (Å²) in [5.41, 5.74) is 2.14. The van der Waals surface area contributed by atoms with Gasteiger partial charge in [-0.3, -0.25) is 4.79 Å². The average Bonchev–Trinajstić information content (AvgIpc) is 3.24. The van der Waals surface area contributed by atoms with Gasteiger partial charge in [0.1, 0.15) is 11.5 Å². The van der Waals surface area contributed by atoms with E-state index >= 15 is 0 Å². The van der Waals surface area contributed by atoms with Crippen LogP contribution in [-0.2, 0) is 0 Å². The normalized spacial score (nSPS) is 10.1. The van der Waals surface area contributed by atoms with Crippen LogP contribution in [-0.4, -0.2) is 25.2 Å². The molecule has 0 bridgehead atoms. The lowest BCUT2D eigenvalue weighted by atomic mass is 10.2. The fourth-order valence-electron chi connectivity index (χ4n) is 2.41. The summed E-state index contributed by atoms with van der Waals surface area (Å²) in [5, 5.41) is 9.32. The zero-order valence-electron chi connectivity index (χ0n) is 15.3. The molecule has 1 aromatic heterocycles. The molecule has 1 heterocycles. The second-order valence-corrected chi connectivity index (χ2v) is 6.10. The monoisotopic (exact) mass is 397 g/mol. The van der Waals surface area contributed by atoms with Crippen molar-refractivity contribution < 1.29 is 18.7 Å². The van der Waals surface area contributed by atoms with Crippen LogP contribution >= 0.6 is 12.2 Å². The summed E-state index contributed by atoms with van der Waals surface area (Å²) < 4.78 is 15.6. The standard InChI is InChI=1S/C20H19N3O4S/c1-25-16-10-15(11-17(12-16)26-2)23-20(28)22-14-7-5-13(6-8-14)21-19(24)18-4-3-9-27-18/h3-12H,1-2H3,(H,21,24)(H2,22,23,28). The first-order chi connectivity index (χ1) is 13.6. The minimum atomic E-state index is -0.310. The smallest absolute Gasteiger partial charge is 0.291 e. The second-order valence-electron chi connectivity index (χ2n) is 5.69. The molecule has 8 heteroatoms. The van der Waals surface area contributed by atoms with Crippen LogP contribution in [0.2, 0.25) is 0 Å². The molecule has 0 aliphatic rings. The molecule has 2 aromatic carbocycles. The Hall–Kier alpha value is -3.52. The third kappa shape index (κ3) is 5.01. The van der Waals surface area contributed by atoms with Crippen molar-refractivity contribution in [3.63, 3.8) is 0 Å². The summed E-state index contributed by atoms with van der Waals surface area (Å²) in [7, 11) is 3.17. The molecule has 3 aromatic rings. The molecular formula is C20H19N3O4S. The van der Waals surface area contributed by atoms with Crippen molar-refractivity contribution in [2.75, 3.05) is 30.2 Å². The third-order valence-electron chi connectivity index (χ3n) is 3.75. The van der Waals surface area contributed by atoms with E-state index in [2.05, 4.69) is 16.0 Å². The molecule has 0 radical (unpaired) electrons. The van der Waals surface area contributed by atoms with Crippen molar-refractivity contribution in [3.8, 4) is 11.5 Å². The Bertz CT molecular complexity index is 934. The summed E-state index contributed by atoms with van der Waals surface area (Å²) in [6.45, 7) is 0. The lowest BCUT2D eigenvalue weighted by Crippen LogP contribution is -2.19. The van der Waals surface area contributed by atoms with Crippen molar-refractivity contribution in [2.45, 2.75) is 0 Å². The number of nitrogens with one attached hydrogen (secondary N) is 3. The van der Waals surface area contributed by atoms with E-state index in [1.807, 2.05) is 12.1 Å². The predicted octanol–water partition coefficient (Wildman–Crippen LogP) is 4.36. The van der Waals surface area contributed by atoms with Crippen LogP contribution in [0.15, 0.2) is 65.3 Å². The Morgan fingerprint density at radius 3 is 1.96 bits per heavy atom. The first-order valence-corrected chi connectivity index (χ1v) is 8.74. The van der Waals surface area contributed by atoms with Crippen molar-refractivity contribution in [1.82, 2.24) is 0 Å². The molecule has 0 aliphatic carbocycles. The molecule has 1 amide bonds. The third-order valence-corrected chi connectivity index (χ3v) is 3.96. The lowest BCUT2D eigenvalue weighted by molar-refractivity contribution is 0.0996. The topological polar surface area (TPSA) is 84.8 Å². The summed E-state index contributed by atoms with van der Waals surface area (Å²) in [5.74, 6) is 1.25. The summed E-state index contributed by atoms with van der Waals surface area (Å²) >= 11 is 5.35. The van der Waals surface area contributed by atoms with Gasteiger partial charge in [0.2, 0.25) is 0 Å². The summed E-state index contributed by atoms with van der Waals surface area (Å²) in [4.78, 5) is 12.0. The molecule has 0 fully saturated rings. The number of anilines is 3. The zero-order valence-corrected chi connectivity index (χ0v) is 16.1. The molecule has 7 nitrogen and oxygen atoms in total. The fraction of sp³-hybridized carbons (Fsp3) is 0.100. The number of carbonyl (C=O) groups is 1. The summed E-state index contributed by atoms with van der Waals surface area (Å²) in [6.07, 6.45) is 1.45. The Morgan fingerprint density at radius 2 is 1.43 bits per heavy atom. The quantitative estimate of drug-likeness (QED) is 0.533. The number of amides is 1. The molecular weight excluding hydrogens is 378 g/mol. The van der Waals surface area contributed by atoms with E-state index < -0.39 is 0 Å². The number of rotatable bonds is 6. The van der Waals surface area contributed by atoms with Gasteiger partial charge in [-0.2, -0.15) is 0 Å². The molecule has 0 atom stereocenters. The Balaban J connectivity index is 1.59. The number of ether oxygens (including phenoxy) is 2. The number of benzene rings is 2. The van der Waals surface area contributed by atoms with Gasteiger partial charge in [-0.05, 0) is 48.6 Å². The van der Waals surface area contributed by atoms with Crippen LogP contribution in [0.1, 0.15) is 10.6 Å². The second kappa shape index (κ2) is 8.92. The van der Waals surface area contributed by atoms with E-state index in [1.165, 1.54) is 6.26 Å². The van der Waals surface area contributed by atoms with E-state index in [4.69, 9.17) is 26.1 Å². The molecule has 0 unspecified atom stereocenters. The van der Waals surface area contributed by atoms with E-state index in [1.54, 1.807) is 56.7 Å². The molecule has 0 saturated carbocycles. The SMILES string of the molecule is COc1cc(NC(=S)Nc2ccc(NC(=O)c3ccco3)cc2)cc(OC)c1. The minimum Gasteiger partial charge on any atom is -0.497 e. The number of methoxy groups -OCH3 is 2. The van der Waals surface area contributed by atoms with Gasteiger partial charge in [0.15, 0.2) is 10.9 Å². The van der Waals surface area contributed by atoms with Crippen LogP contribution in [0.5, 0.6) is 11.5 Å². The average molecular weight is 397 g/mol. The molecule has 3 N–H and O–H groups in total. The molecule has 0 aliphatic heterocycles. The Kier molecular flexibility index (Phi) is 6.13. The van der Waals surface area contributed by atoms with Crippen molar-refractivity contribution in [1.29, 1.82) is 0 Å². The number of furan rings is 1. The first-order valence-electron chi connectivity index (χ1n) is 8.33. The van der Waals surface area contributed by atoms with Crippen LogP contribution in [0.25, 0.3) is 0 Å². The maximum Gasteiger partial charge on any atom is 0.291 e. The van der Waals surface area contributed by atoms with E-state index in [9.17, 15) is 4.79 Å².